The average Bonchev–Trinajstić information content (AvgIpc) is 2.32. The molecule has 1 N–H and O–H groups in total. The second kappa shape index (κ2) is 6.71. The van der Waals surface area contributed by atoms with Crippen LogP contribution < -0.4 is 0 Å². The fraction of sp³-hybridized carbons (Fsp3) is 0.562. The molecule has 0 amide bonds. The quantitative estimate of drug-likeness (QED) is 0.858. The van der Waals surface area contributed by atoms with Crippen molar-refractivity contribution < 1.29 is 9.90 Å². The van der Waals surface area contributed by atoms with E-state index < -0.39 is 5.97 Å². The summed E-state index contributed by atoms with van der Waals surface area (Å²) in [5.74, 6) is -1.04. The van der Waals surface area contributed by atoms with Crippen LogP contribution >= 0.6 is 0 Å². The minimum absolute atomic E-state index is 0.314. The summed E-state index contributed by atoms with van der Waals surface area (Å²) in [7, 11) is 1.98. The van der Waals surface area contributed by atoms with E-state index in [0.717, 1.165) is 13.0 Å². The number of carboxylic acid groups (broad SMARTS) is 1. The van der Waals surface area contributed by atoms with Crippen molar-refractivity contribution in [2.24, 2.45) is 5.92 Å². The number of hydrogen-bond donors (Lipinski definition) is 1. The zero-order valence-electron chi connectivity index (χ0n) is 12.7. The fourth-order valence-corrected chi connectivity index (χ4v) is 2.24. The standard InChI is InChI=1S/C16H25NO2/c1-11-8-13(3)15(9-12(11)2)6-7-17(5)10-14(4)16(18)19/h8-9,14H,6-7,10H2,1-5H3,(H,18,19). The lowest BCUT2D eigenvalue weighted by molar-refractivity contribution is -0.141. The van der Waals surface area contributed by atoms with Gasteiger partial charge in [-0.3, -0.25) is 4.79 Å². The molecule has 0 saturated carbocycles. The van der Waals surface area contributed by atoms with Crippen molar-refractivity contribution in [1.29, 1.82) is 0 Å². The zero-order valence-corrected chi connectivity index (χ0v) is 12.7. The summed E-state index contributed by atoms with van der Waals surface area (Å²) in [6.45, 7) is 9.64. The first-order valence-corrected chi connectivity index (χ1v) is 6.79. The van der Waals surface area contributed by atoms with Gasteiger partial charge in [-0.05, 0) is 56.5 Å². The van der Waals surface area contributed by atoms with Gasteiger partial charge in [0, 0.05) is 13.1 Å². The van der Waals surface area contributed by atoms with Gasteiger partial charge >= 0.3 is 5.97 Å². The molecule has 1 unspecified atom stereocenters. The Balaban J connectivity index is 2.57. The monoisotopic (exact) mass is 263 g/mol. The average molecular weight is 263 g/mol. The first-order chi connectivity index (χ1) is 8.81. The highest BCUT2D eigenvalue weighted by atomic mass is 16.4. The van der Waals surface area contributed by atoms with Gasteiger partial charge in [-0.25, -0.2) is 0 Å². The van der Waals surface area contributed by atoms with Crippen LogP contribution in [0.5, 0.6) is 0 Å². The molecule has 0 aliphatic carbocycles. The molecule has 0 spiro atoms. The highest BCUT2D eigenvalue weighted by molar-refractivity contribution is 5.69. The third-order valence-electron chi connectivity index (χ3n) is 3.72. The molecule has 0 aliphatic heterocycles. The summed E-state index contributed by atoms with van der Waals surface area (Å²) >= 11 is 0. The van der Waals surface area contributed by atoms with Gasteiger partial charge in [-0.1, -0.05) is 19.1 Å². The lowest BCUT2D eigenvalue weighted by Crippen LogP contribution is -2.30. The third kappa shape index (κ3) is 4.67. The van der Waals surface area contributed by atoms with Crippen LogP contribution in [0.15, 0.2) is 12.1 Å². The van der Waals surface area contributed by atoms with Crippen LogP contribution in [0.25, 0.3) is 0 Å². The highest BCUT2D eigenvalue weighted by Gasteiger charge is 2.13. The number of carboxylic acids is 1. The van der Waals surface area contributed by atoms with E-state index >= 15 is 0 Å². The van der Waals surface area contributed by atoms with Crippen molar-refractivity contribution in [1.82, 2.24) is 4.90 Å². The molecule has 0 fully saturated rings. The molecule has 1 aromatic rings. The van der Waals surface area contributed by atoms with Crippen LogP contribution in [-0.2, 0) is 11.2 Å². The number of nitrogens with zero attached hydrogens (tertiary/aromatic N) is 1. The molecule has 19 heavy (non-hydrogen) atoms. The predicted octanol–water partition coefficient (Wildman–Crippen LogP) is 2.81. The molecule has 0 saturated heterocycles. The second-order valence-corrected chi connectivity index (χ2v) is 5.61. The number of likely N-dealkylation sites (N-methyl/N-ethyl adjacent to an activating group) is 1. The van der Waals surface area contributed by atoms with Crippen LogP contribution in [0.2, 0.25) is 0 Å². The summed E-state index contributed by atoms with van der Waals surface area (Å²) in [5, 5.41) is 8.90. The van der Waals surface area contributed by atoms with Gasteiger partial charge in [0.15, 0.2) is 0 Å². The Kier molecular flexibility index (Phi) is 5.55. The predicted molar refractivity (Wildman–Crippen MR) is 78.7 cm³/mol. The SMILES string of the molecule is Cc1cc(C)c(CCN(C)CC(C)C(=O)O)cc1C. The summed E-state index contributed by atoms with van der Waals surface area (Å²) in [6.07, 6.45) is 0.968. The van der Waals surface area contributed by atoms with E-state index in [2.05, 4.69) is 37.8 Å². The molecule has 1 aromatic carbocycles. The Morgan fingerprint density at radius 1 is 1.21 bits per heavy atom. The number of carbonyl (C=O) groups is 1. The maximum atomic E-state index is 10.8. The Morgan fingerprint density at radius 3 is 2.37 bits per heavy atom. The Labute approximate surface area is 116 Å². The molecule has 3 nitrogen and oxygen atoms in total. The van der Waals surface area contributed by atoms with Crippen molar-refractivity contribution in [2.75, 3.05) is 20.1 Å². The number of aliphatic carboxylic acids is 1. The summed E-state index contributed by atoms with van der Waals surface area (Å²) in [5.41, 5.74) is 5.33. The maximum absolute atomic E-state index is 10.8. The molecular formula is C16H25NO2. The van der Waals surface area contributed by atoms with Gasteiger partial charge in [0.1, 0.15) is 0 Å². The van der Waals surface area contributed by atoms with E-state index in [1.807, 2.05) is 7.05 Å². The largest absolute Gasteiger partial charge is 0.481 e. The van der Waals surface area contributed by atoms with Crippen LogP contribution in [0, 0.1) is 26.7 Å². The van der Waals surface area contributed by atoms with Crippen molar-refractivity contribution in [3.63, 3.8) is 0 Å². The molecule has 0 aromatic heterocycles. The summed E-state index contributed by atoms with van der Waals surface area (Å²) < 4.78 is 0. The lowest BCUT2D eigenvalue weighted by atomic mass is 9.98. The van der Waals surface area contributed by atoms with Crippen LogP contribution in [0.4, 0.5) is 0 Å². The molecule has 1 rings (SSSR count). The van der Waals surface area contributed by atoms with Gasteiger partial charge in [-0.2, -0.15) is 0 Å². The highest BCUT2D eigenvalue weighted by Crippen LogP contribution is 2.16. The Morgan fingerprint density at radius 2 is 1.79 bits per heavy atom. The maximum Gasteiger partial charge on any atom is 0.307 e. The fourth-order valence-electron chi connectivity index (χ4n) is 2.24. The molecule has 106 valence electrons. The molecule has 0 aliphatic rings. The van der Waals surface area contributed by atoms with E-state index in [-0.39, 0.29) is 5.92 Å². The van der Waals surface area contributed by atoms with Crippen molar-refractivity contribution in [2.45, 2.75) is 34.1 Å². The topological polar surface area (TPSA) is 40.5 Å². The van der Waals surface area contributed by atoms with Gasteiger partial charge in [0.25, 0.3) is 0 Å². The Hall–Kier alpha value is -1.35. The van der Waals surface area contributed by atoms with Crippen LogP contribution in [-0.4, -0.2) is 36.1 Å². The van der Waals surface area contributed by atoms with E-state index in [9.17, 15) is 4.79 Å². The molecule has 1 atom stereocenters. The molecule has 0 bridgehead atoms. The van der Waals surface area contributed by atoms with Gasteiger partial charge in [0.05, 0.1) is 5.92 Å². The Bertz CT molecular complexity index is 454. The number of benzene rings is 1. The molecular weight excluding hydrogens is 238 g/mol. The molecule has 0 heterocycles. The van der Waals surface area contributed by atoms with Crippen LogP contribution in [0.1, 0.15) is 29.2 Å². The smallest absolute Gasteiger partial charge is 0.307 e. The number of hydrogen-bond acceptors (Lipinski definition) is 2. The van der Waals surface area contributed by atoms with E-state index in [4.69, 9.17) is 5.11 Å². The van der Waals surface area contributed by atoms with Crippen molar-refractivity contribution >= 4 is 5.97 Å². The first kappa shape index (κ1) is 15.7. The third-order valence-corrected chi connectivity index (χ3v) is 3.72. The molecule has 0 radical (unpaired) electrons. The van der Waals surface area contributed by atoms with Crippen molar-refractivity contribution in [3.05, 3.63) is 34.4 Å². The summed E-state index contributed by atoms with van der Waals surface area (Å²) in [4.78, 5) is 12.9. The zero-order chi connectivity index (χ0) is 14.6. The normalized spacial score (nSPS) is 12.7. The van der Waals surface area contributed by atoms with Gasteiger partial charge in [0.2, 0.25) is 0 Å². The van der Waals surface area contributed by atoms with E-state index in [1.165, 1.54) is 22.3 Å². The number of rotatable bonds is 6. The second-order valence-electron chi connectivity index (χ2n) is 5.61. The van der Waals surface area contributed by atoms with Crippen molar-refractivity contribution in [3.8, 4) is 0 Å². The minimum atomic E-state index is -0.728. The van der Waals surface area contributed by atoms with Gasteiger partial charge in [-0.15, -0.1) is 0 Å². The first-order valence-electron chi connectivity index (χ1n) is 6.79. The number of aryl methyl sites for hydroxylation is 3. The van der Waals surface area contributed by atoms with Gasteiger partial charge < -0.3 is 10.0 Å². The van der Waals surface area contributed by atoms with E-state index in [0.29, 0.717) is 6.54 Å². The lowest BCUT2D eigenvalue weighted by Gasteiger charge is -2.20. The minimum Gasteiger partial charge on any atom is -0.481 e. The summed E-state index contributed by atoms with van der Waals surface area (Å²) in [6, 6.07) is 4.48. The van der Waals surface area contributed by atoms with E-state index in [1.54, 1.807) is 6.92 Å². The van der Waals surface area contributed by atoms with Crippen LogP contribution in [0.3, 0.4) is 0 Å². The molecule has 3 heteroatoms.